The molecular weight excluding hydrogens is 504 g/mol. The van der Waals surface area contributed by atoms with Gasteiger partial charge in [0.1, 0.15) is 0 Å². The molecule has 0 saturated heterocycles. The molecule has 11 nitrogen and oxygen atoms in total. The number of phenols is 1. The maximum atomic E-state index is 10.4. The van der Waals surface area contributed by atoms with Crippen LogP contribution in [0.2, 0.25) is 0 Å². The van der Waals surface area contributed by atoms with Crippen LogP contribution in [-0.4, -0.2) is 31.3 Å². The van der Waals surface area contributed by atoms with Gasteiger partial charge in [-0.3, -0.25) is 35.2 Å². The zero-order valence-corrected chi connectivity index (χ0v) is 20.8. The van der Waals surface area contributed by atoms with Crippen LogP contribution in [0.5, 0.6) is 5.75 Å². The van der Waals surface area contributed by atoms with Crippen molar-refractivity contribution in [1.82, 2.24) is 4.90 Å². The molecule has 0 bridgehead atoms. The number of nitrogens with zero attached hydrogens (tertiary/aromatic N) is 4. The average molecular weight is 531 g/mol. The lowest BCUT2D eigenvalue weighted by Gasteiger charge is -2.22. The van der Waals surface area contributed by atoms with Gasteiger partial charge in [-0.1, -0.05) is 91.0 Å². The minimum absolute atomic E-state index is 0.447. The Bertz CT molecular complexity index is 1330. The number of non-ortho nitro benzene ring substituents is 1. The molecule has 0 atom stereocenters. The second kappa shape index (κ2) is 14.0. The van der Waals surface area contributed by atoms with Gasteiger partial charge in [0.05, 0.1) is 26.9 Å². The fourth-order valence-electron chi connectivity index (χ4n) is 3.80. The largest absolute Gasteiger partial charge is 0.497 e. The van der Waals surface area contributed by atoms with Crippen molar-refractivity contribution in [3.8, 4) is 5.75 Å². The van der Waals surface area contributed by atoms with Crippen LogP contribution in [0.4, 0.5) is 17.1 Å². The Balaban J connectivity index is 0.000000231. The Morgan fingerprint density at radius 1 is 0.590 bits per heavy atom. The third kappa shape index (κ3) is 8.72. The van der Waals surface area contributed by atoms with Crippen LogP contribution in [0.25, 0.3) is 0 Å². The van der Waals surface area contributed by atoms with Gasteiger partial charge in [-0.2, -0.15) is 0 Å². The molecule has 0 saturated carbocycles. The highest BCUT2D eigenvalue weighted by Crippen LogP contribution is 2.38. The molecule has 0 aliphatic carbocycles. The van der Waals surface area contributed by atoms with Crippen molar-refractivity contribution >= 4 is 17.1 Å². The van der Waals surface area contributed by atoms with Crippen molar-refractivity contribution in [2.75, 3.05) is 6.54 Å². The van der Waals surface area contributed by atoms with E-state index in [1.165, 1.54) is 16.7 Å². The molecule has 0 spiro atoms. The maximum Gasteiger partial charge on any atom is 0.324 e. The van der Waals surface area contributed by atoms with Crippen LogP contribution in [0.15, 0.2) is 103 Å². The van der Waals surface area contributed by atoms with Gasteiger partial charge in [0, 0.05) is 19.6 Å². The minimum Gasteiger partial charge on any atom is -0.497 e. The van der Waals surface area contributed by atoms with Gasteiger partial charge in [0.15, 0.2) is 0 Å². The van der Waals surface area contributed by atoms with Crippen LogP contribution in [-0.2, 0) is 19.5 Å². The van der Waals surface area contributed by atoms with Crippen molar-refractivity contribution in [2.45, 2.75) is 19.5 Å². The standard InChI is InChI=1S/C22H23N.C6H3N3O7/c1-4-10-20(11-5-1)16-17-23(18-21-12-6-2-7-13-21)19-22-14-8-3-9-15-22;10-6-4(8(13)14)1-3(7(11)12)2-5(6)9(15)16/h1-15H,16-19H2;1-2,10H. The molecule has 0 aliphatic rings. The molecule has 200 valence electrons. The van der Waals surface area contributed by atoms with E-state index in [0.717, 1.165) is 26.1 Å². The highest BCUT2D eigenvalue weighted by molar-refractivity contribution is 5.64. The summed E-state index contributed by atoms with van der Waals surface area (Å²) >= 11 is 0. The Hall–Kier alpha value is -5.16. The van der Waals surface area contributed by atoms with E-state index in [-0.39, 0.29) is 0 Å². The van der Waals surface area contributed by atoms with E-state index >= 15 is 0 Å². The first-order valence-corrected chi connectivity index (χ1v) is 11.9. The molecule has 4 aromatic rings. The number of nitro groups is 3. The first kappa shape index (κ1) is 28.4. The molecule has 0 radical (unpaired) electrons. The number of aromatic hydroxyl groups is 1. The normalized spacial score (nSPS) is 10.4. The summed E-state index contributed by atoms with van der Waals surface area (Å²) in [6, 6.07) is 33.1. The number of hydrogen-bond donors (Lipinski definition) is 1. The molecule has 0 amide bonds. The summed E-state index contributed by atoms with van der Waals surface area (Å²) in [4.78, 5) is 30.3. The van der Waals surface area contributed by atoms with Gasteiger partial charge in [-0.15, -0.1) is 0 Å². The fourth-order valence-corrected chi connectivity index (χ4v) is 3.80. The van der Waals surface area contributed by atoms with E-state index in [2.05, 4.69) is 95.9 Å². The van der Waals surface area contributed by atoms with Gasteiger partial charge in [-0.05, 0) is 23.1 Å². The Kier molecular flexibility index (Phi) is 10.2. The number of phenolic OH excluding ortho intramolecular Hbond substituents is 1. The van der Waals surface area contributed by atoms with Crippen molar-refractivity contribution in [2.24, 2.45) is 0 Å². The number of nitro benzene ring substituents is 3. The monoisotopic (exact) mass is 530 g/mol. The highest BCUT2D eigenvalue weighted by atomic mass is 16.6. The Morgan fingerprint density at radius 2 is 0.974 bits per heavy atom. The molecule has 39 heavy (non-hydrogen) atoms. The van der Waals surface area contributed by atoms with Gasteiger partial charge in [0.25, 0.3) is 11.4 Å². The lowest BCUT2D eigenvalue weighted by Crippen LogP contribution is -2.25. The second-order valence-electron chi connectivity index (χ2n) is 8.52. The van der Waals surface area contributed by atoms with Crippen LogP contribution in [0, 0.1) is 30.3 Å². The summed E-state index contributed by atoms with van der Waals surface area (Å²) in [5.74, 6) is -1.21. The van der Waals surface area contributed by atoms with E-state index in [1.54, 1.807) is 0 Å². The molecule has 0 fully saturated rings. The zero-order chi connectivity index (χ0) is 28.2. The first-order valence-electron chi connectivity index (χ1n) is 11.9. The van der Waals surface area contributed by atoms with E-state index in [4.69, 9.17) is 5.11 Å². The van der Waals surface area contributed by atoms with E-state index in [0.29, 0.717) is 12.1 Å². The fraction of sp³-hybridized carbons (Fsp3) is 0.143. The maximum absolute atomic E-state index is 10.4. The van der Waals surface area contributed by atoms with E-state index in [9.17, 15) is 30.3 Å². The molecule has 4 aromatic carbocycles. The minimum atomic E-state index is -1.21. The second-order valence-corrected chi connectivity index (χ2v) is 8.52. The predicted octanol–water partition coefficient (Wildman–Crippen LogP) is 6.05. The van der Waals surface area contributed by atoms with Gasteiger partial charge >= 0.3 is 11.4 Å². The van der Waals surface area contributed by atoms with Gasteiger partial charge in [0.2, 0.25) is 0 Å². The lowest BCUT2D eigenvalue weighted by molar-refractivity contribution is -0.404. The van der Waals surface area contributed by atoms with Gasteiger partial charge < -0.3 is 5.11 Å². The smallest absolute Gasteiger partial charge is 0.324 e. The molecule has 1 N–H and O–H groups in total. The van der Waals surface area contributed by atoms with E-state index < -0.39 is 37.6 Å². The van der Waals surface area contributed by atoms with Crippen molar-refractivity contribution in [3.63, 3.8) is 0 Å². The summed E-state index contributed by atoms with van der Waals surface area (Å²) < 4.78 is 0. The molecule has 4 rings (SSSR count). The van der Waals surface area contributed by atoms with Crippen LogP contribution < -0.4 is 0 Å². The van der Waals surface area contributed by atoms with Crippen LogP contribution >= 0.6 is 0 Å². The third-order valence-electron chi connectivity index (χ3n) is 5.72. The summed E-state index contributed by atoms with van der Waals surface area (Å²) in [5.41, 5.74) is 1.14. The van der Waals surface area contributed by atoms with Crippen LogP contribution in [0.1, 0.15) is 16.7 Å². The van der Waals surface area contributed by atoms with Crippen LogP contribution in [0.3, 0.4) is 0 Å². The van der Waals surface area contributed by atoms with Crippen molar-refractivity contribution in [1.29, 1.82) is 0 Å². The number of hydrogen-bond acceptors (Lipinski definition) is 8. The molecule has 0 unspecified atom stereocenters. The van der Waals surface area contributed by atoms with Crippen molar-refractivity contribution < 1.29 is 19.9 Å². The Morgan fingerprint density at radius 3 is 1.33 bits per heavy atom. The molecule has 0 aromatic heterocycles. The Labute approximate surface area is 224 Å². The number of rotatable bonds is 10. The topological polar surface area (TPSA) is 153 Å². The summed E-state index contributed by atoms with van der Waals surface area (Å²) in [5, 5.41) is 40.2. The molecule has 0 aliphatic heterocycles. The quantitative estimate of drug-likeness (QED) is 0.192. The number of benzene rings is 4. The summed E-state index contributed by atoms with van der Waals surface area (Å²) in [6.07, 6.45) is 1.08. The SMILES string of the molecule is O=[N+]([O-])c1cc([N+](=O)[O-])c(O)c([N+](=O)[O-])c1.c1ccc(CCN(Cc2ccccc2)Cc2ccccc2)cc1. The highest BCUT2D eigenvalue weighted by Gasteiger charge is 2.30. The lowest BCUT2D eigenvalue weighted by atomic mass is 10.1. The van der Waals surface area contributed by atoms with Crippen molar-refractivity contribution in [3.05, 3.63) is 150 Å². The molecule has 0 heterocycles. The predicted molar refractivity (Wildman–Crippen MR) is 145 cm³/mol. The first-order chi connectivity index (χ1) is 18.7. The molecular formula is C28H26N4O7. The van der Waals surface area contributed by atoms with Gasteiger partial charge in [-0.25, -0.2) is 0 Å². The average Bonchev–Trinajstić information content (AvgIpc) is 2.93. The summed E-state index contributed by atoms with van der Waals surface area (Å²) in [7, 11) is 0. The summed E-state index contributed by atoms with van der Waals surface area (Å²) in [6.45, 7) is 3.04. The molecule has 11 heteroatoms. The third-order valence-corrected chi connectivity index (χ3v) is 5.72. The van der Waals surface area contributed by atoms with E-state index in [1.807, 2.05) is 0 Å². The zero-order valence-electron chi connectivity index (χ0n) is 20.8.